The number of ketones is 1. The Morgan fingerprint density at radius 2 is 2.25 bits per heavy atom. The van der Waals surface area contributed by atoms with Crippen molar-refractivity contribution in [2.75, 3.05) is 19.3 Å². The van der Waals surface area contributed by atoms with E-state index in [1.54, 1.807) is 0 Å². The van der Waals surface area contributed by atoms with Crippen LogP contribution in [0.15, 0.2) is 0 Å². The molecule has 0 aliphatic carbocycles. The van der Waals surface area contributed by atoms with E-state index in [0.717, 1.165) is 30.1 Å². The van der Waals surface area contributed by atoms with Crippen molar-refractivity contribution in [3.63, 3.8) is 0 Å². The van der Waals surface area contributed by atoms with Gasteiger partial charge in [0.2, 0.25) is 10.0 Å². The maximum absolute atomic E-state index is 12.3. The highest BCUT2D eigenvalue weighted by Crippen LogP contribution is 2.24. The summed E-state index contributed by atoms with van der Waals surface area (Å²) in [7, 11) is -3.16. The Hall–Kier alpha value is -0.860. The highest BCUT2D eigenvalue weighted by molar-refractivity contribution is 7.88. The molecule has 1 aromatic rings. The van der Waals surface area contributed by atoms with E-state index in [9.17, 15) is 13.2 Å². The number of carbonyl (C=O) groups is 1. The van der Waals surface area contributed by atoms with Gasteiger partial charge in [0.05, 0.1) is 11.9 Å². The third-order valence-electron chi connectivity index (χ3n) is 3.57. The second kappa shape index (κ2) is 6.28. The van der Waals surface area contributed by atoms with Crippen molar-refractivity contribution in [3.8, 4) is 0 Å². The van der Waals surface area contributed by atoms with Crippen molar-refractivity contribution in [1.29, 1.82) is 0 Å². The number of aryl methyl sites for hydroxylation is 1. The number of sulfonamides is 1. The lowest BCUT2D eigenvalue weighted by molar-refractivity contribution is 0.0945. The molecule has 0 bridgehead atoms. The fourth-order valence-corrected chi connectivity index (χ4v) is 4.14. The summed E-state index contributed by atoms with van der Waals surface area (Å²) in [4.78, 5) is 12.9. The zero-order valence-electron chi connectivity index (χ0n) is 11.7. The molecular formula is C12H19N3O3S2. The van der Waals surface area contributed by atoms with Crippen molar-refractivity contribution in [2.45, 2.75) is 32.6 Å². The molecule has 6 nitrogen and oxygen atoms in total. The van der Waals surface area contributed by atoms with E-state index in [0.29, 0.717) is 30.8 Å². The molecule has 1 unspecified atom stereocenters. The molecule has 2 heterocycles. The Morgan fingerprint density at radius 1 is 1.50 bits per heavy atom. The van der Waals surface area contributed by atoms with Gasteiger partial charge in [0.25, 0.3) is 0 Å². The van der Waals surface area contributed by atoms with E-state index < -0.39 is 10.0 Å². The maximum atomic E-state index is 12.3. The first-order valence-corrected chi connectivity index (χ1v) is 9.33. The highest BCUT2D eigenvalue weighted by atomic mass is 32.2. The molecule has 0 amide bonds. The number of rotatable bonds is 5. The first-order chi connectivity index (χ1) is 9.41. The average Bonchev–Trinajstić information content (AvgIpc) is 2.86. The van der Waals surface area contributed by atoms with Crippen LogP contribution in [0.1, 0.15) is 41.6 Å². The third kappa shape index (κ3) is 3.62. The van der Waals surface area contributed by atoms with Crippen LogP contribution in [0.2, 0.25) is 0 Å². The molecular weight excluding hydrogens is 298 g/mol. The minimum Gasteiger partial charge on any atom is -0.293 e. The lowest BCUT2D eigenvalue weighted by Crippen LogP contribution is -2.39. The Morgan fingerprint density at radius 3 is 2.90 bits per heavy atom. The molecule has 0 aromatic carbocycles. The molecule has 1 fully saturated rings. The van der Waals surface area contributed by atoms with Gasteiger partial charge in [-0.25, -0.2) is 12.7 Å². The number of aromatic nitrogens is 2. The molecule has 1 aromatic heterocycles. The van der Waals surface area contributed by atoms with Crippen LogP contribution in [0.3, 0.4) is 0 Å². The Kier molecular flexibility index (Phi) is 4.87. The van der Waals surface area contributed by atoms with Crippen LogP contribution in [0.4, 0.5) is 0 Å². The van der Waals surface area contributed by atoms with Crippen LogP contribution in [0, 0.1) is 5.92 Å². The van der Waals surface area contributed by atoms with E-state index in [-0.39, 0.29) is 11.7 Å². The number of hydrogen-bond acceptors (Lipinski definition) is 6. The predicted octanol–water partition coefficient (Wildman–Crippen LogP) is 1.34. The van der Waals surface area contributed by atoms with Gasteiger partial charge < -0.3 is 0 Å². The number of piperidine rings is 1. The molecule has 0 N–H and O–H groups in total. The van der Waals surface area contributed by atoms with Crippen LogP contribution in [-0.2, 0) is 16.4 Å². The average molecular weight is 317 g/mol. The standard InChI is InChI=1S/C12H19N3O3S2/c1-3-10-12(19-14-13-10)11(16)7-9-5-4-6-15(8-9)20(2,17)18/h9H,3-8H2,1-2H3. The van der Waals surface area contributed by atoms with Crippen LogP contribution in [0.5, 0.6) is 0 Å². The van der Waals surface area contributed by atoms with Gasteiger partial charge in [-0.1, -0.05) is 11.4 Å². The van der Waals surface area contributed by atoms with Crippen molar-refractivity contribution in [2.24, 2.45) is 5.92 Å². The first-order valence-electron chi connectivity index (χ1n) is 6.71. The molecule has 8 heteroatoms. The van der Waals surface area contributed by atoms with Crippen molar-refractivity contribution >= 4 is 27.3 Å². The van der Waals surface area contributed by atoms with Crippen LogP contribution < -0.4 is 0 Å². The molecule has 0 radical (unpaired) electrons. The minimum atomic E-state index is -3.16. The largest absolute Gasteiger partial charge is 0.293 e. The summed E-state index contributed by atoms with van der Waals surface area (Å²) in [6.07, 6.45) is 4.00. The van der Waals surface area contributed by atoms with E-state index in [2.05, 4.69) is 9.59 Å². The lowest BCUT2D eigenvalue weighted by atomic mass is 9.93. The summed E-state index contributed by atoms with van der Waals surface area (Å²) in [5.74, 6) is 0.134. The molecule has 0 saturated carbocycles. The maximum Gasteiger partial charge on any atom is 0.211 e. The number of carbonyl (C=O) groups excluding carboxylic acids is 1. The molecule has 2 rings (SSSR count). The smallest absolute Gasteiger partial charge is 0.211 e. The van der Waals surface area contributed by atoms with Crippen molar-refractivity contribution in [3.05, 3.63) is 10.6 Å². The van der Waals surface area contributed by atoms with Gasteiger partial charge in [-0.2, -0.15) is 0 Å². The highest BCUT2D eigenvalue weighted by Gasteiger charge is 2.28. The van der Waals surface area contributed by atoms with Crippen LogP contribution in [0.25, 0.3) is 0 Å². The second-order valence-corrected chi connectivity index (χ2v) is 7.90. The summed E-state index contributed by atoms with van der Waals surface area (Å²) in [5.41, 5.74) is 0.746. The van der Waals surface area contributed by atoms with Crippen molar-refractivity contribution < 1.29 is 13.2 Å². The van der Waals surface area contributed by atoms with Crippen LogP contribution >= 0.6 is 11.5 Å². The summed E-state index contributed by atoms with van der Waals surface area (Å²) in [6, 6.07) is 0. The summed E-state index contributed by atoms with van der Waals surface area (Å²) < 4.78 is 28.4. The lowest BCUT2D eigenvalue weighted by Gasteiger charge is -2.30. The fourth-order valence-electron chi connectivity index (χ4n) is 2.50. The molecule has 0 spiro atoms. The molecule has 1 aliphatic heterocycles. The number of hydrogen-bond donors (Lipinski definition) is 0. The van der Waals surface area contributed by atoms with Gasteiger partial charge in [-0.15, -0.1) is 5.10 Å². The van der Waals surface area contributed by atoms with Crippen LogP contribution in [-0.4, -0.2) is 47.4 Å². The zero-order chi connectivity index (χ0) is 14.8. The number of Topliss-reactive ketones (excluding diaryl/α,β-unsaturated/α-hetero) is 1. The first kappa shape index (κ1) is 15.5. The van der Waals surface area contributed by atoms with Gasteiger partial charge in [0.1, 0.15) is 4.88 Å². The summed E-state index contributed by atoms with van der Waals surface area (Å²) >= 11 is 1.13. The van der Waals surface area contributed by atoms with E-state index in [1.807, 2.05) is 6.92 Å². The topological polar surface area (TPSA) is 80.2 Å². The SMILES string of the molecule is CCc1nnsc1C(=O)CC1CCCN(S(C)(=O)=O)C1. The third-order valence-corrected chi connectivity index (χ3v) is 5.65. The van der Waals surface area contributed by atoms with E-state index in [4.69, 9.17) is 0 Å². The number of nitrogens with zero attached hydrogens (tertiary/aromatic N) is 3. The predicted molar refractivity (Wildman–Crippen MR) is 77.4 cm³/mol. The van der Waals surface area contributed by atoms with Gasteiger partial charge in [-0.05, 0) is 36.7 Å². The minimum absolute atomic E-state index is 0.0391. The molecule has 1 aliphatic rings. The summed E-state index contributed by atoms with van der Waals surface area (Å²) in [6.45, 7) is 2.95. The van der Waals surface area contributed by atoms with Crippen molar-refractivity contribution in [1.82, 2.24) is 13.9 Å². The monoisotopic (exact) mass is 317 g/mol. The van der Waals surface area contributed by atoms with E-state index in [1.165, 1.54) is 10.6 Å². The molecule has 1 saturated heterocycles. The van der Waals surface area contributed by atoms with Gasteiger partial charge in [0, 0.05) is 19.5 Å². The summed E-state index contributed by atoms with van der Waals surface area (Å²) in [5, 5.41) is 3.94. The van der Waals surface area contributed by atoms with Gasteiger partial charge in [-0.3, -0.25) is 4.79 Å². The quantitative estimate of drug-likeness (QED) is 0.766. The van der Waals surface area contributed by atoms with Gasteiger partial charge >= 0.3 is 0 Å². The van der Waals surface area contributed by atoms with Gasteiger partial charge in [0.15, 0.2) is 5.78 Å². The zero-order valence-corrected chi connectivity index (χ0v) is 13.3. The normalized spacial score (nSPS) is 21.0. The van der Waals surface area contributed by atoms with E-state index >= 15 is 0 Å². The fraction of sp³-hybridized carbons (Fsp3) is 0.750. The Labute approximate surface area is 123 Å². The second-order valence-electron chi connectivity index (χ2n) is 5.16. The Bertz CT molecular complexity index is 583. The molecule has 1 atom stereocenters. The molecule has 112 valence electrons. The molecule has 20 heavy (non-hydrogen) atoms. The Balaban J connectivity index is 2.01.